The van der Waals surface area contributed by atoms with E-state index in [0.29, 0.717) is 17.6 Å². The fourth-order valence-electron chi connectivity index (χ4n) is 3.91. The van der Waals surface area contributed by atoms with Crippen LogP contribution in [0.3, 0.4) is 0 Å². The molecule has 6 nitrogen and oxygen atoms in total. The first kappa shape index (κ1) is 31.5. The van der Waals surface area contributed by atoms with Crippen LogP contribution in [0, 0.1) is 5.92 Å². The molecule has 2 amide bonds. The average Bonchev–Trinajstić information content (AvgIpc) is 3.29. The molecule has 198 valence electrons. The number of alkyl halides is 3. The predicted molar refractivity (Wildman–Crippen MR) is 148 cm³/mol. The molecule has 0 fully saturated rings. The summed E-state index contributed by atoms with van der Waals surface area (Å²) in [6, 6.07) is -0.297. The van der Waals surface area contributed by atoms with Gasteiger partial charge in [0.05, 0.1) is 0 Å². The summed E-state index contributed by atoms with van der Waals surface area (Å²) in [6.07, 6.45) is 20.7. The van der Waals surface area contributed by atoms with Gasteiger partial charge in [-0.05, 0) is 18.8 Å². The summed E-state index contributed by atoms with van der Waals surface area (Å²) in [6.45, 7) is 5.18. The zero-order valence-electron chi connectivity index (χ0n) is 20.9. The van der Waals surface area contributed by atoms with Gasteiger partial charge in [0.25, 0.3) is 3.79 Å². The van der Waals surface area contributed by atoms with Crippen LogP contribution < -0.4 is 16.2 Å². The Balaban J connectivity index is 2.32. The molecule has 0 radical (unpaired) electrons. The Morgan fingerprint density at radius 1 is 0.853 bits per heavy atom. The fraction of sp³-hybridized carbons (Fsp3) is 0.875. The Hall–Kier alpha value is -0.500. The predicted octanol–water partition coefficient (Wildman–Crippen LogP) is 8.89. The van der Waals surface area contributed by atoms with E-state index in [2.05, 4.69) is 39.4 Å². The first-order valence-electron chi connectivity index (χ1n) is 13.1. The van der Waals surface area contributed by atoms with Crippen LogP contribution in [0.4, 0.5) is 9.93 Å². The molecule has 10 heteroatoms. The van der Waals surface area contributed by atoms with E-state index in [4.69, 9.17) is 34.8 Å². The van der Waals surface area contributed by atoms with Crippen molar-refractivity contribution in [2.45, 2.75) is 120 Å². The number of amides is 2. The number of anilines is 1. The highest BCUT2D eigenvalue weighted by Crippen LogP contribution is 2.37. The topological polar surface area (TPSA) is 78.9 Å². The molecule has 0 bridgehead atoms. The summed E-state index contributed by atoms with van der Waals surface area (Å²) in [4.78, 5) is 16.3. The highest BCUT2D eigenvalue weighted by atomic mass is 35.6. The van der Waals surface area contributed by atoms with Crippen molar-refractivity contribution < 1.29 is 4.79 Å². The summed E-state index contributed by atoms with van der Waals surface area (Å²) < 4.78 is 2.29. The van der Waals surface area contributed by atoms with E-state index in [9.17, 15) is 4.79 Å². The SMILES string of the molecule is CCCCCCCCCCC(CCCCCCCC)CNC(=O)NNc1nc(C(Cl)(Cl)Cl)ns1. The maximum atomic E-state index is 12.3. The molecule has 1 aromatic rings. The van der Waals surface area contributed by atoms with Gasteiger partial charge < -0.3 is 5.32 Å². The minimum absolute atomic E-state index is 0.0802. The van der Waals surface area contributed by atoms with Crippen molar-refractivity contribution in [3.8, 4) is 0 Å². The van der Waals surface area contributed by atoms with Crippen molar-refractivity contribution in [2.75, 3.05) is 12.0 Å². The molecule has 1 heterocycles. The molecule has 0 spiro atoms. The highest BCUT2D eigenvalue weighted by molar-refractivity contribution is 7.09. The maximum Gasteiger partial charge on any atom is 0.333 e. The Labute approximate surface area is 225 Å². The fourth-order valence-corrected chi connectivity index (χ4v) is 4.89. The quantitative estimate of drug-likeness (QED) is 0.0851. The average molecular weight is 557 g/mol. The van der Waals surface area contributed by atoms with Gasteiger partial charge >= 0.3 is 6.03 Å². The van der Waals surface area contributed by atoms with Crippen LogP contribution in [0.25, 0.3) is 0 Å². The molecule has 0 aliphatic heterocycles. The van der Waals surface area contributed by atoms with Gasteiger partial charge in [-0.25, -0.2) is 10.2 Å². The molecule has 34 heavy (non-hydrogen) atoms. The van der Waals surface area contributed by atoms with E-state index >= 15 is 0 Å². The normalized spacial score (nSPS) is 12.5. The zero-order chi connectivity index (χ0) is 25.1. The second-order valence-electron chi connectivity index (χ2n) is 9.07. The molecule has 1 aromatic heterocycles. The second kappa shape index (κ2) is 19.7. The van der Waals surface area contributed by atoms with Gasteiger partial charge in [-0.2, -0.15) is 9.36 Å². The van der Waals surface area contributed by atoms with Crippen molar-refractivity contribution >= 4 is 57.5 Å². The number of hydrogen-bond donors (Lipinski definition) is 3. The van der Waals surface area contributed by atoms with Crippen LogP contribution in [0.1, 0.15) is 122 Å². The molecule has 1 atom stereocenters. The van der Waals surface area contributed by atoms with Gasteiger partial charge in [0.15, 0.2) is 5.82 Å². The smallest absolute Gasteiger partial charge is 0.333 e. The molecule has 0 saturated carbocycles. The van der Waals surface area contributed by atoms with Crippen molar-refractivity contribution in [3.63, 3.8) is 0 Å². The number of unbranched alkanes of at least 4 members (excludes halogenated alkanes) is 12. The monoisotopic (exact) mass is 555 g/mol. The Morgan fingerprint density at radius 3 is 1.82 bits per heavy atom. The van der Waals surface area contributed by atoms with E-state index in [-0.39, 0.29) is 11.9 Å². The summed E-state index contributed by atoms with van der Waals surface area (Å²) >= 11 is 18.3. The maximum absolute atomic E-state index is 12.3. The van der Waals surface area contributed by atoms with Gasteiger partial charge in [0.1, 0.15) is 0 Å². The summed E-state index contributed by atoms with van der Waals surface area (Å²) in [5.74, 6) is 0.589. The Kier molecular flexibility index (Phi) is 18.2. The molecule has 1 unspecified atom stereocenters. The number of carbonyl (C=O) groups excluding carboxylic acids is 1. The summed E-state index contributed by atoms with van der Waals surface area (Å²) in [7, 11) is 0. The Morgan fingerprint density at radius 2 is 1.35 bits per heavy atom. The standard InChI is InChI=1S/C24H44Cl3N5OS/c1-3-5-7-9-11-12-14-16-18-20(17-15-13-10-8-6-4-2)19-28-22(33)30-31-23-29-21(32-34-23)24(25,26)27/h20H,3-19H2,1-2H3,(H2,28,30,33)(H,29,31,32). The van der Waals surface area contributed by atoms with Crippen LogP contribution >= 0.6 is 46.3 Å². The Bertz CT molecular complexity index is 642. The lowest BCUT2D eigenvalue weighted by molar-refractivity contribution is 0.239. The number of urea groups is 1. The summed E-state index contributed by atoms with van der Waals surface area (Å²) in [5, 5.41) is 3.35. The number of aromatic nitrogens is 2. The van der Waals surface area contributed by atoms with Crippen LogP contribution in [0.15, 0.2) is 0 Å². The van der Waals surface area contributed by atoms with E-state index in [1.54, 1.807) is 0 Å². The van der Waals surface area contributed by atoms with Gasteiger partial charge in [0, 0.05) is 18.1 Å². The second-order valence-corrected chi connectivity index (χ2v) is 12.1. The number of nitrogens with zero attached hydrogens (tertiary/aromatic N) is 2. The largest absolute Gasteiger partial charge is 0.336 e. The zero-order valence-corrected chi connectivity index (χ0v) is 24.0. The van der Waals surface area contributed by atoms with Gasteiger partial charge in [-0.1, -0.05) is 139 Å². The van der Waals surface area contributed by atoms with E-state index < -0.39 is 3.79 Å². The molecular formula is C24H44Cl3N5OS. The minimum atomic E-state index is -1.68. The molecule has 0 aromatic carbocycles. The molecule has 0 aliphatic rings. The molecule has 3 N–H and O–H groups in total. The molecule has 0 saturated heterocycles. The number of carbonyl (C=O) groups is 1. The lowest BCUT2D eigenvalue weighted by Crippen LogP contribution is -2.41. The first-order valence-corrected chi connectivity index (χ1v) is 15.0. The number of halogens is 3. The third-order valence-electron chi connectivity index (χ3n) is 5.95. The van der Waals surface area contributed by atoms with Crippen LogP contribution in [0.5, 0.6) is 0 Å². The summed E-state index contributed by atoms with van der Waals surface area (Å²) in [5.41, 5.74) is 5.31. The van der Waals surface area contributed by atoms with Gasteiger partial charge in [-0.15, -0.1) is 0 Å². The number of nitrogens with one attached hydrogen (secondary N) is 3. The van der Waals surface area contributed by atoms with Gasteiger partial charge in [0.2, 0.25) is 5.13 Å². The van der Waals surface area contributed by atoms with Crippen molar-refractivity contribution in [2.24, 2.45) is 5.92 Å². The molecular weight excluding hydrogens is 513 g/mol. The lowest BCUT2D eigenvalue weighted by Gasteiger charge is -2.18. The first-order chi connectivity index (χ1) is 16.4. The third kappa shape index (κ3) is 16.2. The van der Waals surface area contributed by atoms with E-state index in [1.807, 2.05) is 0 Å². The molecule has 1 rings (SSSR count). The number of rotatable bonds is 20. The van der Waals surface area contributed by atoms with Crippen molar-refractivity contribution in [1.29, 1.82) is 0 Å². The van der Waals surface area contributed by atoms with Crippen molar-refractivity contribution in [3.05, 3.63) is 5.82 Å². The third-order valence-corrected chi connectivity index (χ3v) is 7.08. The van der Waals surface area contributed by atoms with Crippen LogP contribution in [-0.4, -0.2) is 21.9 Å². The minimum Gasteiger partial charge on any atom is -0.336 e. The highest BCUT2D eigenvalue weighted by Gasteiger charge is 2.28. The number of hydrazine groups is 1. The van der Waals surface area contributed by atoms with Gasteiger partial charge in [-0.3, -0.25) is 5.43 Å². The van der Waals surface area contributed by atoms with Crippen LogP contribution in [0.2, 0.25) is 0 Å². The number of hydrogen-bond acceptors (Lipinski definition) is 5. The molecule has 0 aliphatic carbocycles. The van der Waals surface area contributed by atoms with E-state index in [1.165, 1.54) is 103 Å². The van der Waals surface area contributed by atoms with Crippen molar-refractivity contribution in [1.82, 2.24) is 20.1 Å². The lowest BCUT2D eigenvalue weighted by atomic mass is 9.94. The van der Waals surface area contributed by atoms with Crippen LogP contribution in [-0.2, 0) is 3.79 Å². The van der Waals surface area contributed by atoms with E-state index in [0.717, 1.165) is 11.5 Å².